The lowest BCUT2D eigenvalue weighted by molar-refractivity contribution is -0.158. The summed E-state index contributed by atoms with van der Waals surface area (Å²) in [5.41, 5.74) is 1.14. The second-order valence-corrected chi connectivity index (χ2v) is 14.7. The molecule has 1 amide bonds. The number of benzene rings is 2. The molecule has 4 aliphatic rings. The van der Waals surface area contributed by atoms with E-state index >= 15 is 0 Å². The molecule has 0 spiro atoms. The van der Waals surface area contributed by atoms with E-state index in [0.29, 0.717) is 36.9 Å². The van der Waals surface area contributed by atoms with E-state index in [9.17, 15) is 18.3 Å². The number of hydrogen-bond acceptors (Lipinski definition) is 10. The zero-order valence-electron chi connectivity index (χ0n) is 27.6. The Balaban J connectivity index is 1.07. The minimum Gasteiger partial charge on any atom is -0.497 e. The van der Waals surface area contributed by atoms with Crippen LogP contribution < -0.4 is 14.2 Å². The van der Waals surface area contributed by atoms with Crippen LogP contribution in [-0.2, 0) is 30.8 Å². The first-order valence-corrected chi connectivity index (χ1v) is 18.4. The number of aliphatic hydroxyl groups excluding tert-OH is 1. The maximum absolute atomic E-state index is 13.8. The zero-order valence-corrected chi connectivity index (χ0v) is 28.4. The number of methoxy groups -OCH3 is 1. The summed E-state index contributed by atoms with van der Waals surface area (Å²) in [7, 11) is -2.36. The molecule has 3 aliphatic heterocycles. The standard InChI is InChI=1S/C35H47N3O9S/c1-43-29-8-10-30(11-9-29)48(41,42)38(17-19-39)18-20-44-34-23-28(27-5-3-2-4-6-27)22-33(47-34)35(40)37-15-13-36(14-16-37)24-26-7-12-31-32(21-26)46-25-45-31/h7-12,21-22,27-28,34,39H,2-6,13-20,23-25H2,1H3/t28-,34+/m1/s1. The minimum atomic E-state index is -3.88. The minimum absolute atomic E-state index is 0.0290. The number of allylic oxidation sites excluding steroid dienone is 1. The quantitative estimate of drug-likeness (QED) is 0.334. The van der Waals surface area contributed by atoms with E-state index in [4.69, 9.17) is 23.7 Å². The Morgan fingerprint density at radius 1 is 0.979 bits per heavy atom. The summed E-state index contributed by atoms with van der Waals surface area (Å²) in [4.78, 5) is 18.1. The molecule has 0 aromatic heterocycles. The topological polar surface area (TPSA) is 127 Å². The van der Waals surface area contributed by atoms with E-state index in [1.807, 2.05) is 23.1 Å². The number of sulfonamides is 1. The summed E-state index contributed by atoms with van der Waals surface area (Å²) in [6.45, 7) is 3.34. The number of piperazine rings is 1. The average molecular weight is 686 g/mol. The highest BCUT2D eigenvalue weighted by atomic mass is 32.2. The van der Waals surface area contributed by atoms with Crippen LogP contribution in [0.2, 0.25) is 0 Å². The Morgan fingerprint density at radius 2 is 1.73 bits per heavy atom. The molecule has 1 aliphatic carbocycles. The normalized spacial score (nSPS) is 22.0. The highest BCUT2D eigenvalue weighted by Crippen LogP contribution is 2.38. The maximum Gasteiger partial charge on any atom is 0.288 e. The van der Waals surface area contributed by atoms with Gasteiger partial charge in [-0.3, -0.25) is 9.69 Å². The summed E-state index contributed by atoms with van der Waals surface area (Å²) < 4.78 is 56.4. The molecule has 13 heteroatoms. The molecular formula is C35H47N3O9S. The SMILES string of the molecule is COc1ccc(S(=O)(=O)N(CCO)CCO[C@@H]2C[C@H](C3CCCCC3)C=C(C(=O)N3CCN(Cc4ccc5c(c4)OCO5)CC3)O2)cc1. The number of ether oxygens (including phenoxy) is 5. The third-order valence-electron chi connectivity index (χ3n) is 9.75. The molecule has 2 aromatic rings. The van der Waals surface area contributed by atoms with Gasteiger partial charge in [-0.05, 0) is 72.7 Å². The average Bonchev–Trinajstić information content (AvgIpc) is 3.60. The number of nitrogens with zero attached hydrogens (tertiary/aromatic N) is 3. The van der Waals surface area contributed by atoms with Crippen LogP contribution in [0.3, 0.4) is 0 Å². The summed E-state index contributed by atoms with van der Waals surface area (Å²) >= 11 is 0. The number of carbonyl (C=O) groups excluding carboxylic acids is 1. The first-order chi connectivity index (χ1) is 23.3. The van der Waals surface area contributed by atoms with E-state index < -0.39 is 16.3 Å². The number of fused-ring (bicyclic) bond motifs is 1. The highest BCUT2D eigenvalue weighted by molar-refractivity contribution is 7.89. The van der Waals surface area contributed by atoms with E-state index in [2.05, 4.69) is 11.0 Å². The van der Waals surface area contributed by atoms with Gasteiger partial charge in [0.25, 0.3) is 5.91 Å². The van der Waals surface area contributed by atoms with Gasteiger partial charge >= 0.3 is 0 Å². The Morgan fingerprint density at radius 3 is 2.46 bits per heavy atom. The molecule has 3 heterocycles. The number of amides is 1. The number of aliphatic hydroxyl groups is 1. The van der Waals surface area contributed by atoms with Crippen LogP contribution in [0.15, 0.2) is 59.2 Å². The van der Waals surface area contributed by atoms with Gasteiger partial charge in [0.1, 0.15) is 5.75 Å². The van der Waals surface area contributed by atoms with Crippen LogP contribution >= 0.6 is 0 Å². The van der Waals surface area contributed by atoms with Crippen LogP contribution in [0.5, 0.6) is 17.2 Å². The predicted molar refractivity (Wildman–Crippen MR) is 177 cm³/mol. The first-order valence-electron chi connectivity index (χ1n) is 17.0. The summed E-state index contributed by atoms with van der Waals surface area (Å²) in [6, 6.07) is 12.2. The van der Waals surface area contributed by atoms with Gasteiger partial charge < -0.3 is 33.7 Å². The van der Waals surface area contributed by atoms with Gasteiger partial charge in [0.05, 0.1) is 25.2 Å². The van der Waals surface area contributed by atoms with Crippen molar-refractivity contribution >= 4 is 15.9 Å². The molecule has 0 radical (unpaired) electrons. The molecule has 1 saturated heterocycles. The second kappa shape index (κ2) is 15.9. The van der Waals surface area contributed by atoms with Crippen LogP contribution in [0.25, 0.3) is 0 Å². The predicted octanol–water partition coefficient (Wildman–Crippen LogP) is 3.59. The second-order valence-electron chi connectivity index (χ2n) is 12.8. The van der Waals surface area contributed by atoms with Crippen molar-refractivity contribution in [1.29, 1.82) is 0 Å². The summed E-state index contributed by atoms with van der Waals surface area (Å²) in [5.74, 6) is 2.88. The van der Waals surface area contributed by atoms with Gasteiger partial charge in [0.15, 0.2) is 17.3 Å². The molecule has 2 fully saturated rings. The third kappa shape index (κ3) is 8.25. The van der Waals surface area contributed by atoms with Gasteiger partial charge in [0, 0.05) is 52.2 Å². The molecule has 0 bridgehead atoms. The van der Waals surface area contributed by atoms with E-state index in [0.717, 1.165) is 49.5 Å². The fourth-order valence-corrected chi connectivity index (χ4v) is 8.45. The van der Waals surface area contributed by atoms with Gasteiger partial charge in [-0.25, -0.2) is 8.42 Å². The van der Waals surface area contributed by atoms with Crippen molar-refractivity contribution in [1.82, 2.24) is 14.1 Å². The fourth-order valence-electron chi connectivity index (χ4n) is 7.04. The molecular weight excluding hydrogens is 638 g/mol. The zero-order chi connectivity index (χ0) is 33.5. The van der Waals surface area contributed by atoms with E-state index in [1.54, 1.807) is 12.1 Å². The molecule has 1 N–H and O–H groups in total. The number of rotatable bonds is 13. The Bertz CT molecular complexity index is 1520. The summed E-state index contributed by atoms with van der Waals surface area (Å²) in [5, 5.41) is 9.65. The van der Waals surface area contributed by atoms with Gasteiger partial charge in [-0.1, -0.05) is 25.3 Å². The Labute approximate surface area is 283 Å². The maximum atomic E-state index is 13.8. The van der Waals surface area contributed by atoms with Crippen LogP contribution in [-0.4, -0.2) is 106 Å². The molecule has 2 atom stereocenters. The van der Waals surface area contributed by atoms with E-state index in [1.165, 1.54) is 42.8 Å². The Kier molecular flexibility index (Phi) is 11.4. The fraction of sp³-hybridized carbons (Fsp3) is 0.571. The molecule has 1 saturated carbocycles. The van der Waals surface area contributed by atoms with Crippen molar-refractivity contribution in [3.8, 4) is 17.2 Å². The van der Waals surface area contributed by atoms with Gasteiger partial charge in [-0.2, -0.15) is 4.31 Å². The monoisotopic (exact) mass is 685 g/mol. The first kappa shape index (κ1) is 34.5. The van der Waals surface area contributed by atoms with Crippen molar-refractivity contribution in [2.24, 2.45) is 11.8 Å². The lowest BCUT2D eigenvalue weighted by Crippen LogP contribution is -2.49. The van der Waals surface area contributed by atoms with Crippen LogP contribution in [0.4, 0.5) is 0 Å². The van der Waals surface area contributed by atoms with Gasteiger partial charge in [-0.15, -0.1) is 0 Å². The Hall–Kier alpha value is -3.36. The number of carbonyl (C=O) groups is 1. The molecule has 0 unspecified atom stereocenters. The van der Waals surface area contributed by atoms with Crippen molar-refractivity contribution in [3.05, 3.63) is 59.9 Å². The molecule has 48 heavy (non-hydrogen) atoms. The molecule has 262 valence electrons. The number of hydrogen-bond donors (Lipinski definition) is 1. The van der Waals surface area contributed by atoms with Gasteiger partial charge in [0.2, 0.25) is 23.1 Å². The molecule has 2 aromatic carbocycles. The largest absolute Gasteiger partial charge is 0.497 e. The highest BCUT2D eigenvalue weighted by Gasteiger charge is 2.35. The summed E-state index contributed by atoms with van der Waals surface area (Å²) in [6.07, 6.45) is 7.75. The lowest BCUT2D eigenvalue weighted by Gasteiger charge is -2.38. The molecule has 12 nitrogen and oxygen atoms in total. The van der Waals surface area contributed by atoms with Crippen molar-refractivity contribution < 1.29 is 42.0 Å². The third-order valence-corrected chi connectivity index (χ3v) is 11.7. The van der Waals surface area contributed by atoms with Crippen molar-refractivity contribution in [2.75, 3.05) is 66.4 Å². The lowest BCUT2D eigenvalue weighted by atomic mass is 9.77. The molecule has 6 rings (SSSR count). The van der Waals surface area contributed by atoms with Crippen molar-refractivity contribution in [2.45, 2.75) is 56.3 Å². The van der Waals surface area contributed by atoms with E-state index in [-0.39, 0.29) is 49.8 Å². The van der Waals surface area contributed by atoms with Crippen LogP contribution in [0, 0.1) is 11.8 Å². The smallest absolute Gasteiger partial charge is 0.288 e. The van der Waals surface area contributed by atoms with Crippen LogP contribution in [0.1, 0.15) is 44.1 Å². The van der Waals surface area contributed by atoms with Crippen molar-refractivity contribution in [3.63, 3.8) is 0 Å².